The van der Waals surface area contributed by atoms with E-state index in [1.54, 1.807) is 11.8 Å². The maximum atomic E-state index is 11.6. The third-order valence-corrected chi connectivity index (χ3v) is 3.43. The van der Waals surface area contributed by atoms with Crippen molar-refractivity contribution in [1.29, 1.82) is 0 Å². The van der Waals surface area contributed by atoms with Gasteiger partial charge in [-0.2, -0.15) is 11.8 Å². The molecule has 0 aromatic rings. The monoisotopic (exact) mass is 246 g/mol. The van der Waals surface area contributed by atoms with Gasteiger partial charge in [0, 0.05) is 13.2 Å². The van der Waals surface area contributed by atoms with Gasteiger partial charge in [0.05, 0.1) is 12.6 Å². The first-order chi connectivity index (χ1) is 7.74. The Kier molecular flexibility index (Phi) is 6.84. The summed E-state index contributed by atoms with van der Waals surface area (Å²) in [5, 5.41) is 2.91. The number of rotatable bonds is 6. The van der Waals surface area contributed by atoms with Crippen molar-refractivity contribution in [2.24, 2.45) is 11.7 Å². The van der Waals surface area contributed by atoms with Gasteiger partial charge in [0.15, 0.2) is 0 Å². The lowest BCUT2D eigenvalue weighted by atomic mass is 10.0. The van der Waals surface area contributed by atoms with Crippen LogP contribution >= 0.6 is 11.8 Å². The third-order valence-electron chi connectivity index (χ3n) is 2.79. The van der Waals surface area contributed by atoms with Gasteiger partial charge in [-0.15, -0.1) is 0 Å². The summed E-state index contributed by atoms with van der Waals surface area (Å²) < 4.78 is 5.35. The lowest BCUT2D eigenvalue weighted by Crippen LogP contribution is -2.43. The van der Waals surface area contributed by atoms with Gasteiger partial charge in [-0.05, 0) is 37.2 Å². The number of ether oxygens (including phenoxy) is 1. The van der Waals surface area contributed by atoms with E-state index in [0.717, 1.165) is 38.2 Å². The highest BCUT2D eigenvalue weighted by atomic mass is 32.2. The van der Waals surface area contributed by atoms with Crippen LogP contribution in [0.25, 0.3) is 0 Å². The van der Waals surface area contributed by atoms with Crippen LogP contribution in [0.4, 0.5) is 0 Å². The molecule has 94 valence electrons. The van der Waals surface area contributed by atoms with Crippen LogP contribution in [0.3, 0.4) is 0 Å². The minimum Gasteiger partial charge on any atom is -0.381 e. The van der Waals surface area contributed by atoms with Crippen LogP contribution in [-0.4, -0.2) is 43.7 Å². The quantitative estimate of drug-likeness (QED) is 0.721. The minimum absolute atomic E-state index is 0.0281. The van der Waals surface area contributed by atoms with Crippen LogP contribution in [0, 0.1) is 5.92 Å². The Morgan fingerprint density at radius 3 is 3.12 bits per heavy atom. The van der Waals surface area contributed by atoms with Crippen molar-refractivity contribution in [1.82, 2.24) is 5.32 Å². The fraction of sp³-hybridized carbons (Fsp3) is 0.909. The second-order valence-electron chi connectivity index (χ2n) is 4.22. The zero-order chi connectivity index (χ0) is 11.8. The molecular weight excluding hydrogens is 224 g/mol. The van der Waals surface area contributed by atoms with E-state index in [1.807, 2.05) is 6.26 Å². The first-order valence-corrected chi connectivity index (χ1v) is 7.23. The van der Waals surface area contributed by atoms with Crippen molar-refractivity contribution in [3.05, 3.63) is 0 Å². The number of amides is 1. The Balaban J connectivity index is 2.12. The Hall–Kier alpha value is -0.260. The summed E-state index contributed by atoms with van der Waals surface area (Å²) in [6.45, 7) is 2.32. The molecular formula is C11H22N2O2S. The molecule has 0 radical (unpaired) electrons. The lowest BCUT2D eigenvalue weighted by Gasteiger charge is -2.23. The molecule has 0 aliphatic carbocycles. The normalized spacial score (nSPS) is 22.8. The average molecular weight is 246 g/mol. The van der Waals surface area contributed by atoms with Crippen LogP contribution in [-0.2, 0) is 9.53 Å². The van der Waals surface area contributed by atoms with Gasteiger partial charge in [-0.3, -0.25) is 4.79 Å². The summed E-state index contributed by atoms with van der Waals surface area (Å²) in [6.07, 6.45) is 5.00. The van der Waals surface area contributed by atoms with E-state index in [1.165, 1.54) is 0 Å². The van der Waals surface area contributed by atoms with Crippen molar-refractivity contribution < 1.29 is 9.53 Å². The molecule has 1 fully saturated rings. The first kappa shape index (κ1) is 13.8. The number of hydrogen-bond donors (Lipinski definition) is 2. The van der Waals surface area contributed by atoms with Crippen LogP contribution in [0.1, 0.15) is 19.3 Å². The van der Waals surface area contributed by atoms with E-state index in [2.05, 4.69) is 5.32 Å². The van der Waals surface area contributed by atoms with Crippen molar-refractivity contribution in [2.45, 2.75) is 25.3 Å². The number of carbonyl (C=O) groups excluding carboxylic acids is 1. The first-order valence-electron chi connectivity index (χ1n) is 5.84. The summed E-state index contributed by atoms with van der Waals surface area (Å²) >= 11 is 1.71. The van der Waals surface area contributed by atoms with Crippen LogP contribution in [0.2, 0.25) is 0 Å². The summed E-state index contributed by atoms with van der Waals surface area (Å²) in [6, 6.07) is -0.364. The smallest absolute Gasteiger partial charge is 0.236 e. The van der Waals surface area contributed by atoms with Crippen LogP contribution in [0.15, 0.2) is 0 Å². The van der Waals surface area contributed by atoms with Crippen molar-refractivity contribution in [3.63, 3.8) is 0 Å². The predicted molar refractivity (Wildman–Crippen MR) is 67.5 cm³/mol. The van der Waals surface area contributed by atoms with E-state index >= 15 is 0 Å². The van der Waals surface area contributed by atoms with E-state index in [-0.39, 0.29) is 11.9 Å². The van der Waals surface area contributed by atoms with Gasteiger partial charge in [0.2, 0.25) is 5.91 Å². The Morgan fingerprint density at radius 1 is 1.69 bits per heavy atom. The van der Waals surface area contributed by atoms with E-state index < -0.39 is 0 Å². The van der Waals surface area contributed by atoms with Gasteiger partial charge >= 0.3 is 0 Å². The van der Waals surface area contributed by atoms with Gasteiger partial charge in [0.25, 0.3) is 0 Å². The van der Waals surface area contributed by atoms with Gasteiger partial charge in [-0.25, -0.2) is 0 Å². The van der Waals surface area contributed by atoms with Gasteiger partial charge < -0.3 is 15.8 Å². The highest BCUT2D eigenvalue weighted by molar-refractivity contribution is 7.98. The molecule has 1 amide bonds. The molecule has 1 heterocycles. The average Bonchev–Trinajstić information content (AvgIpc) is 2.34. The lowest BCUT2D eigenvalue weighted by molar-refractivity contribution is -0.122. The molecule has 0 aromatic carbocycles. The van der Waals surface area contributed by atoms with Crippen molar-refractivity contribution in [3.8, 4) is 0 Å². The zero-order valence-electron chi connectivity index (χ0n) is 9.91. The van der Waals surface area contributed by atoms with Gasteiger partial charge in [0.1, 0.15) is 0 Å². The minimum atomic E-state index is -0.364. The maximum absolute atomic E-state index is 11.6. The Morgan fingerprint density at radius 2 is 2.50 bits per heavy atom. The van der Waals surface area contributed by atoms with E-state index in [9.17, 15) is 4.79 Å². The van der Waals surface area contributed by atoms with Crippen molar-refractivity contribution in [2.75, 3.05) is 31.8 Å². The SMILES string of the molecule is CSCC[C@@H](N)C(=O)NCC1CCCOC1. The topological polar surface area (TPSA) is 64.4 Å². The second kappa shape index (κ2) is 7.92. The summed E-state index contributed by atoms with van der Waals surface area (Å²) in [7, 11) is 0. The molecule has 16 heavy (non-hydrogen) atoms. The number of thioether (sulfide) groups is 1. The Bertz CT molecular complexity index is 208. The second-order valence-corrected chi connectivity index (χ2v) is 5.20. The predicted octanol–water partition coefficient (Wildman–Crippen LogP) is 0.610. The van der Waals surface area contributed by atoms with E-state index in [4.69, 9.17) is 10.5 Å². The number of carbonyl (C=O) groups is 1. The fourth-order valence-electron chi connectivity index (χ4n) is 1.72. The number of nitrogens with one attached hydrogen (secondary N) is 1. The molecule has 2 atom stereocenters. The number of hydrogen-bond acceptors (Lipinski definition) is 4. The van der Waals surface area contributed by atoms with E-state index in [0.29, 0.717) is 12.5 Å². The molecule has 0 saturated carbocycles. The molecule has 1 unspecified atom stereocenters. The van der Waals surface area contributed by atoms with Crippen LogP contribution < -0.4 is 11.1 Å². The molecule has 0 spiro atoms. The molecule has 0 bridgehead atoms. The molecule has 1 saturated heterocycles. The van der Waals surface area contributed by atoms with Crippen LogP contribution in [0.5, 0.6) is 0 Å². The zero-order valence-corrected chi connectivity index (χ0v) is 10.7. The molecule has 5 heteroatoms. The Labute approximate surface area is 102 Å². The summed E-state index contributed by atoms with van der Waals surface area (Å²) in [5.74, 6) is 1.37. The van der Waals surface area contributed by atoms with Gasteiger partial charge in [-0.1, -0.05) is 0 Å². The molecule has 3 N–H and O–H groups in total. The molecule has 1 rings (SSSR count). The molecule has 0 aromatic heterocycles. The largest absolute Gasteiger partial charge is 0.381 e. The molecule has 4 nitrogen and oxygen atoms in total. The summed E-state index contributed by atoms with van der Waals surface area (Å²) in [5.41, 5.74) is 5.76. The molecule has 1 aliphatic rings. The summed E-state index contributed by atoms with van der Waals surface area (Å²) in [4.78, 5) is 11.6. The highest BCUT2D eigenvalue weighted by Crippen LogP contribution is 2.12. The third kappa shape index (κ3) is 5.18. The van der Waals surface area contributed by atoms with Crippen molar-refractivity contribution >= 4 is 17.7 Å². The molecule has 1 aliphatic heterocycles. The highest BCUT2D eigenvalue weighted by Gasteiger charge is 2.17. The fourth-order valence-corrected chi connectivity index (χ4v) is 2.21. The maximum Gasteiger partial charge on any atom is 0.236 e. The standard InChI is InChI=1S/C11H22N2O2S/c1-16-6-4-10(12)11(14)13-7-9-3-2-5-15-8-9/h9-10H,2-8,12H2,1H3,(H,13,14)/t9?,10-/m1/s1. The number of nitrogens with two attached hydrogens (primary N) is 1.